The fourth-order valence-corrected chi connectivity index (χ4v) is 2.64. The third-order valence-electron chi connectivity index (χ3n) is 3.79. The van der Waals surface area contributed by atoms with Gasteiger partial charge < -0.3 is 14.6 Å². The molecule has 112 valence electrons. The molecule has 0 aliphatic carbocycles. The van der Waals surface area contributed by atoms with Gasteiger partial charge in [-0.2, -0.15) is 4.98 Å². The normalized spacial score (nSPS) is 16.3. The van der Waals surface area contributed by atoms with Crippen LogP contribution in [-0.4, -0.2) is 43.1 Å². The summed E-state index contributed by atoms with van der Waals surface area (Å²) in [5.74, 6) is 0. The number of nitrogens with one attached hydrogen (secondary N) is 1. The lowest BCUT2D eigenvalue weighted by atomic mass is 10.2. The summed E-state index contributed by atoms with van der Waals surface area (Å²) in [5.41, 5.74) is 2.33. The van der Waals surface area contributed by atoms with Gasteiger partial charge >= 0.3 is 0 Å². The fraction of sp³-hybridized carbons (Fsp3) is 0.438. The zero-order valence-electron chi connectivity index (χ0n) is 12.5. The third-order valence-corrected chi connectivity index (χ3v) is 3.79. The van der Waals surface area contributed by atoms with Gasteiger partial charge in [0.1, 0.15) is 6.26 Å². The van der Waals surface area contributed by atoms with Gasteiger partial charge in [-0.15, -0.1) is 0 Å². The second kappa shape index (κ2) is 6.74. The molecule has 5 heteroatoms. The van der Waals surface area contributed by atoms with Crippen molar-refractivity contribution in [1.82, 2.24) is 15.2 Å². The van der Waals surface area contributed by atoms with Crippen LogP contribution in [0, 0.1) is 0 Å². The molecule has 0 radical (unpaired) electrons. The highest BCUT2D eigenvalue weighted by atomic mass is 16.4. The van der Waals surface area contributed by atoms with Crippen molar-refractivity contribution in [3.63, 3.8) is 0 Å². The van der Waals surface area contributed by atoms with E-state index in [0.29, 0.717) is 0 Å². The van der Waals surface area contributed by atoms with Gasteiger partial charge in [0.05, 0.1) is 5.69 Å². The topological polar surface area (TPSA) is 44.5 Å². The number of nitrogens with zero attached hydrogens (tertiary/aromatic N) is 3. The summed E-state index contributed by atoms with van der Waals surface area (Å²) >= 11 is 0. The predicted octanol–water partition coefficient (Wildman–Crippen LogP) is 1.72. The Morgan fingerprint density at radius 2 is 1.90 bits per heavy atom. The van der Waals surface area contributed by atoms with Crippen molar-refractivity contribution in [2.45, 2.75) is 13.1 Å². The average Bonchev–Trinajstić information content (AvgIpc) is 2.98. The number of rotatable bonds is 5. The van der Waals surface area contributed by atoms with Gasteiger partial charge in [-0.1, -0.05) is 30.3 Å². The van der Waals surface area contributed by atoms with Crippen LogP contribution in [0.15, 0.2) is 41.0 Å². The molecule has 0 amide bonds. The Kier molecular flexibility index (Phi) is 4.52. The van der Waals surface area contributed by atoms with E-state index >= 15 is 0 Å². The molecule has 0 spiro atoms. The van der Waals surface area contributed by atoms with Crippen molar-refractivity contribution in [1.29, 1.82) is 0 Å². The first-order valence-electron chi connectivity index (χ1n) is 7.45. The number of aromatic nitrogens is 1. The van der Waals surface area contributed by atoms with E-state index in [4.69, 9.17) is 4.42 Å². The van der Waals surface area contributed by atoms with Gasteiger partial charge in [0.25, 0.3) is 6.01 Å². The van der Waals surface area contributed by atoms with E-state index in [2.05, 4.69) is 50.4 Å². The van der Waals surface area contributed by atoms with E-state index in [0.717, 1.165) is 51.0 Å². The van der Waals surface area contributed by atoms with Crippen LogP contribution >= 0.6 is 0 Å². The molecule has 3 rings (SSSR count). The summed E-state index contributed by atoms with van der Waals surface area (Å²) in [6, 6.07) is 11.4. The smallest absolute Gasteiger partial charge is 0.297 e. The van der Waals surface area contributed by atoms with Crippen LogP contribution in [0.4, 0.5) is 6.01 Å². The molecule has 1 saturated heterocycles. The molecular formula is C16H22N4O. The lowest BCUT2D eigenvalue weighted by molar-refractivity contribution is 0.245. The van der Waals surface area contributed by atoms with Crippen molar-refractivity contribution in [3.8, 4) is 0 Å². The predicted molar refractivity (Wildman–Crippen MR) is 83.2 cm³/mol. The highest BCUT2D eigenvalue weighted by molar-refractivity contribution is 5.28. The fourth-order valence-electron chi connectivity index (χ4n) is 2.64. The van der Waals surface area contributed by atoms with Crippen molar-refractivity contribution in [2.24, 2.45) is 0 Å². The molecule has 1 N–H and O–H groups in total. The van der Waals surface area contributed by atoms with Crippen LogP contribution in [-0.2, 0) is 13.1 Å². The molecule has 1 aliphatic rings. The highest BCUT2D eigenvalue weighted by Crippen LogP contribution is 2.17. The lowest BCUT2D eigenvalue weighted by Crippen LogP contribution is -2.46. The van der Waals surface area contributed by atoms with E-state index < -0.39 is 0 Å². The van der Waals surface area contributed by atoms with Crippen LogP contribution < -0.4 is 10.2 Å². The maximum absolute atomic E-state index is 5.57. The molecule has 5 nitrogen and oxygen atoms in total. The number of oxazole rings is 1. The maximum Gasteiger partial charge on any atom is 0.297 e. The average molecular weight is 286 g/mol. The monoisotopic (exact) mass is 286 g/mol. The summed E-state index contributed by atoms with van der Waals surface area (Å²) in [7, 11) is 1.91. The molecule has 0 atom stereocenters. The molecule has 2 aromatic rings. The summed E-state index contributed by atoms with van der Waals surface area (Å²) in [5, 5.41) is 3.09. The molecule has 2 heterocycles. The Bertz CT molecular complexity index is 546. The Morgan fingerprint density at radius 3 is 2.62 bits per heavy atom. The summed E-state index contributed by atoms with van der Waals surface area (Å²) < 4.78 is 5.57. The standard InChI is InChI=1S/C16H22N4O/c1-17-11-15-13-21-16(18-15)20-9-7-19(8-10-20)12-14-5-3-2-4-6-14/h2-6,13,17H,7-12H2,1H3. The highest BCUT2D eigenvalue weighted by Gasteiger charge is 2.20. The van der Waals surface area contributed by atoms with E-state index in [1.54, 1.807) is 6.26 Å². The second-order valence-corrected chi connectivity index (χ2v) is 5.40. The summed E-state index contributed by atoms with van der Waals surface area (Å²) in [6.45, 7) is 5.78. The molecule has 0 saturated carbocycles. The molecule has 1 aromatic carbocycles. The number of hydrogen-bond acceptors (Lipinski definition) is 5. The SMILES string of the molecule is CNCc1coc(N2CCN(Cc3ccccc3)CC2)n1. The Hall–Kier alpha value is -1.85. The molecule has 1 aliphatic heterocycles. The van der Waals surface area contributed by atoms with Crippen LogP contribution in [0.1, 0.15) is 11.3 Å². The Labute approximate surface area is 125 Å². The van der Waals surface area contributed by atoms with Gasteiger partial charge in [0.15, 0.2) is 0 Å². The van der Waals surface area contributed by atoms with E-state index in [1.165, 1.54) is 5.56 Å². The first-order chi connectivity index (χ1) is 10.3. The first-order valence-corrected chi connectivity index (χ1v) is 7.45. The van der Waals surface area contributed by atoms with Gasteiger partial charge in [0, 0.05) is 39.3 Å². The minimum absolute atomic E-state index is 0.747. The molecule has 1 fully saturated rings. The third kappa shape index (κ3) is 3.62. The molecule has 0 bridgehead atoms. The minimum Gasteiger partial charge on any atom is -0.432 e. The second-order valence-electron chi connectivity index (χ2n) is 5.40. The first kappa shape index (κ1) is 14.1. The molecular weight excluding hydrogens is 264 g/mol. The maximum atomic E-state index is 5.57. The number of benzene rings is 1. The van der Waals surface area contributed by atoms with Crippen molar-refractivity contribution in [2.75, 3.05) is 38.1 Å². The lowest BCUT2D eigenvalue weighted by Gasteiger charge is -2.33. The Morgan fingerprint density at radius 1 is 1.14 bits per heavy atom. The number of anilines is 1. The van der Waals surface area contributed by atoms with Crippen LogP contribution in [0.3, 0.4) is 0 Å². The zero-order chi connectivity index (χ0) is 14.5. The zero-order valence-corrected chi connectivity index (χ0v) is 12.5. The molecule has 1 aromatic heterocycles. The van der Waals surface area contributed by atoms with Crippen molar-refractivity contribution < 1.29 is 4.42 Å². The summed E-state index contributed by atoms with van der Waals surface area (Å²) in [4.78, 5) is 9.21. The quantitative estimate of drug-likeness (QED) is 0.906. The molecule has 21 heavy (non-hydrogen) atoms. The van der Waals surface area contributed by atoms with Gasteiger partial charge in [-0.05, 0) is 12.6 Å². The van der Waals surface area contributed by atoms with Crippen molar-refractivity contribution >= 4 is 6.01 Å². The van der Waals surface area contributed by atoms with Crippen molar-refractivity contribution in [3.05, 3.63) is 47.9 Å². The number of piperazine rings is 1. The van der Waals surface area contributed by atoms with Crippen LogP contribution in [0.5, 0.6) is 0 Å². The minimum atomic E-state index is 0.747. The van der Waals surface area contributed by atoms with Gasteiger partial charge in [-0.25, -0.2) is 0 Å². The van der Waals surface area contributed by atoms with E-state index in [1.807, 2.05) is 7.05 Å². The van der Waals surface area contributed by atoms with Gasteiger partial charge in [0.2, 0.25) is 0 Å². The Balaban J connectivity index is 1.52. The van der Waals surface area contributed by atoms with Crippen LogP contribution in [0.2, 0.25) is 0 Å². The van der Waals surface area contributed by atoms with Crippen LogP contribution in [0.25, 0.3) is 0 Å². The van der Waals surface area contributed by atoms with E-state index in [9.17, 15) is 0 Å². The van der Waals surface area contributed by atoms with E-state index in [-0.39, 0.29) is 0 Å². The summed E-state index contributed by atoms with van der Waals surface area (Å²) in [6.07, 6.45) is 1.74. The largest absolute Gasteiger partial charge is 0.432 e. The molecule has 0 unspecified atom stereocenters. The van der Waals surface area contributed by atoms with Gasteiger partial charge in [-0.3, -0.25) is 4.90 Å². The number of hydrogen-bond donors (Lipinski definition) is 1.